The molecular formula is C11H12Cl2INO2. The van der Waals surface area contributed by atoms with Gasteiger partial charge in [-0.15, -0.1) is 0 Å². The Kier molecular flexibility index (Phi) is 5.07. The van der Waals surface area contributed by atoms with Crippen molar-refractivity contribution in [3.05, 3.63) is 31.3 Å². The topological polar surface area (TPSA) is 49.3 Å². The van der Waals surface area contributed by atoms with E-state index in [9.17, 15) is 9.90 Å². The highest BCUT2D eigenvalue weighted by Crippen LogP contribution is 2.26. The van der Waals surface area contributed by atoms with Crippen molar-refractivity contribution in [3.8, 4) is 0 Å². The molecule has 6 heteroatoms. The molecular weight excluding hydrogens is 376 g/mol. The fourth-order valence-electron chi connectivity index (χ4n) is 1.11. The Balaban J connectivity index is 2.90. The van der Waals surface area contributed by atoms with Crippen LogP contribution in [0, 0.1) is 3.57 Å². The van der Waals surface area contributed by atoms with Gasteiger partial charge in [0.15, 0.2) is 0 Å². The monoisotopic (exact) mass is 387 g/mol. The number of aliphatic hydroxyl groups is 1. The predicted molar refractivity (Wildman–Crippen MR) is 77.8 cm³/mol. The average molecular weight is 388 g/mol. The van der Waals surface area contributed by atoms with Crippen molar-refractivity contribution in [2.45, 2.75) is 19.4 Å². The van der Waals surface area contributed by atoms with Crippen molar-refractivity contribution in [1.82, 2.24) is 5.32 Å². The van der Waals surface area contributed by atoms with Crippen molar-refractivity contribution < 1.29 is 9.90 Å². The zero-order chi connectivity index (χ0) is 13.2. The first-order chi connectivity index (χ1) is 7.70. The van der Waals surface area contributed by atoms with Crippen molar-refractivity contribution >= 4 is 51.7 Å². The van der Waals surface area contributed by atoms with Crippen molar-refractivity contribution in [1.29, 1.82) is 0 Å². The van der Waals surface area contributed by atoms with Crippen LogP contribution < -0.4 is 5.32 Å². The Morgan fingerprint density at radius 2 is 2.06 bits per heavy atom. The maximum Gasteiger partial charge on any atom is 0.252 e. The van der Waals surface area contributed by atoms with E-state index in [0.29, 0.717) is 19.2 Å². The Bertz CT molecular complexity index is 444. The lowest BCUT2D eigenvalue weighted by atomic mass is 10.1. The quantitative estimate of drug-likeness (QED) is 0.618. The molecule has 0 unspecified atom stereocenters. The van der Waals surface area contributed by atoms with Gasteiger partial charge in [0, 0.05) is 15.1 Å². The Labute approximate surface area is 124 Å². The maximum absolute atomic E-state index is 11.9. The summed E-state index contributed by atoms with van der Waals surface area (Å²) in [6, 6.07) is 3.13. The van der Waals surface area contributed by atoms with Crippen molar-refractivity contribution in [2.75, 3.05) is 6.54 Å². The van der Waals surface area contributed by atoms with Gasteiger partial charge < -0.3 is 10.4 Å². The lowest BCUT2D eigenvalue weighted by Gasteiger charge is -2.18. The van der Waals surface area contributed by atoms with Gasteiger partial charge in [0.05, 0.1) is 16.2 Å². The first-order valence-electron chi connectivity index (χ1n) is 4.86. The fraction of sp³-hybridized carbons (Fsp3) is 0.364. The van der Waals surface area contributed by atoms with Crippen molar-refractivity contribution in [3.63, 3.8) is 0 Å². The second-order valence-corrected chi connectivity index (χ2v) is 6.17. The second kappa shape index (κ2) is 5.73. The summed E-state index contributed by atoms with van der Waals surface area (Å²) in [5.74, 6) is -0.305. The number of nitrogens with one attached hydrogen (secondary N) is 1. The highest BCUT2D eigenvalue weighted by atomic mass is 127. The molecule has 0 saturated heterocycles. The highest BCUT2D eigenvalue weighted by Gasteiger charge is 2.17. The molecule has 3 nitrogen and oxygen atoms in total. The van der Waals surface area contributed by atoms with Crippen LogP contribution in [0.15, 0.2) is 12.1 Å². The molecule has 0 bridgehead atoms. The summed E-state index contributed by atoms with van der Waals surface area (Å²) in [6.45, 7) is 3.39. The van der Waals surface area contributed by atoms with E-state index >= 15 is 0 Å². The van der Waals surface area contributed by atoms with Crippen LogP contribution in [0.25, 0.3) is 0 Å². The summed E-state index contributed by atoms with van der Waals surface area (Å²) >= 11 is 13.8. The molecule has 0 aliphatic heterocycles. The molecule has 1 aromatic rings. The van der Waals surface area contributed by atoms with Crippen LogP contribution in [-0.4, -0.2) is 23.2 Å². The molecule has 2 N–H and O–H groups in total. The van der Waals surface area contributed by atoms with Gasteiger partial charge in [0.25, 0.3) is 5.91 Å². The van der Waals surface area contributed by atoms with Gasteiger partial charge in [0.1, 0.15) is 0 Å². The Morgan fingerprint density at radius 1 is 1.47 bits per heavy atom. The fourth-order valence-corrected chi connectivity index (χ4v) is 2.16. The van der Waals surface area contributed by atoms with Crippen LogP contribution in [0.3, 0.4) is 0 Å². The predicted octanol–water partition coefficient (Wildman–Crippen LogP) is 3.10. The standard InChI is InChI=1S/C11H12Cl2INO2/c1-11(2,17)5-15-10(16)7-3-6(12)4-8(13)9(7)14/h3-4,17H,5H2,1-2H3,(H,15,16). The minimum Gasteiger partial charge on any atom is -0.389 e. The van der Waals surface area contributed by atoms with Crippen molar-refractivity contribution in [2.24, 2.45) is 0 Å². The molecule has 0 spiro atoms. The van der Waals surface area contributed by atoms with E-state index in [2.05, 4.69) is 5.32 Å². The normalized spacial score (nSPS) is 11.4. The zero-order valence-electron chi connectivity index (χ0n) is 9.35. The summed E-state index contributed by atoms with van der Waals surface area (Å²) in [5, 5.41) is 13.0. The van der Waals surface area contributed by atoms with Gasteiger partial charge in [0.2, 0.25) is 0 Å². The number of halogens is 3. The van der Waals surface area contributed by atoms with Crippen LogP contribution in [0.1, 0.15) is 24.2 Å². The summed E-state index contributed by atoms with van der Waals surface area (Å²) < 4.78 is 0.641. The van der Waals surface area contributed by atoms with E-state index < -0.39 is 5.60 Å². The summed E-state index contributed by atoms with van der Waals surface area (Å²) in [4.78, 5) is 11.9. The van der Waals surface area contributed by atoms with Crippen LogP contribution in [0.2, 0.25) is 10.0 Å². The van der Waals surface area contributed by atoms with Gasteiger partial charge in [-0.25, -0.2) is 0 Å². The SMILES string of the molecule is CC(C)(O)CNC(=O)c1cc(Cl)cc(Cl)c1I. The van der Waals surface area contributed by atoms with E-state index in [4.69, 9.17) is 23.2 Å². The number of benzene rings is 1. The molecule has 0 heterocycles. The lowest BCUT2D eigenvalue weighted by Crippen LogP contribution is -2.38. The summed E-state index contributed by atoms with van der Waals surface area (Å²) in [5.41, 5.74) is -0.545. The molecule has 94 valence electrons. The molecule has 0 aromatic heterocycles. The van der Waals surface area contributed by atoms with E-state index in [0.717, 1.165) is 0 Å². The third-order valence-corrected chi connectivity index (χ3v) is 3.92. The van der Waals surface area contributed by atoms with Crippen LogP contribution in [0.5, 0.6) is 0 Å². The third kappa shape index (κ3) is 4.62. The third-order valence-electron chi connectivity index (χ3n) is 1.92. The smallest absolute Gasteiger partial charge is 0.252 e. The minimum atomic E-state index is -0.955. The largest absolute Gasteiger partial charge is 0.389 e. The molecule has 1 rings (SSSR count). The first kappa shape index (κ1) is 15.0. The van der Waals surface area contributed by atoms with Crippen LogP contribution >= 0.6 is 45.8 Å². The number of hydrogen-bond acceptors (Lipinski definition) is 2. The molecule has 0 aliphatic carbocycles. The molecule has 0 fully saturated rings. The molecule has 0 saturated carbocycles. The lowest BCUT2D eigenvalue weighted by molar-refractivity contribution is 0.0694. The highest BCUT2D eigenvalue weighted by molar-refractivity contribution is 14.1. The number of carbonyl (C=O) groups excluding carboxylic acids is 1. The second-order valence-electron chi connectivity index (χ2n) is 4.24. The van der Waals surface area contributed by atoms with Gasteiger partial charge in [-0.1, -0.05) is 23.2 Å². The van der Waals surface area contributed by atoms with Crippen LogP contribution in [0.4, 0.5) is 0 Å². The molecule has 1 amide bonds. The summed E-state index contributed by atoms with van der Waals surface area (Å²) in [6.07, 6.45) is 0. The van der Waals surface area contributed by atoms with E-state index in [1.165, 1.54) is 0 Å². The number of amides is 1. The number of rotatable bonds is 3. The Hall–Kier alpha value is -0.0400. The van der Waals surface area contributed by atoms with Gasteiger partial charge >= 0.3 is 0 Å². The molecule has 0 aliphatic rings. The van der Waals surface area contributed by atoms with Gasteiger partial charge in [-0.2, -0.15) is 0 Å². The van der Waals surface area contributed by atoms with Gasteiger partial charge in [-0.05, 0) is 48.6 Å². The summed E-state index contributed by atoms with van der Waals surface area (Å²) in [7, 11) is 0. The number of hydrogen-bond donors (Lipinski definition) is 2. The molecule has 0 atom stereocenters. The van der Waals surface area contributed by atoms with E-state index in [-0.39, 0.29) is 12.5 Å². The molecule has 0 radical (unpaired) electrons. The molecule has 17 heavy (non-hydrogen) atoms. The van der Waals surface area contributed by atoms with Crippen LogP contribution in [-0.2, 0) is 0 Å². The van der Waals surface area contributed by atoms with E-state index in [1.807, 2.05) is 22.6 Å². The van der Waals surface area contributed by atoms with E-state index in [1.54, 1.807) is 26.0 Å². The Morgan fingerprint density at radius 3 is 2.59 bits per heavy atom. The average Bonchev–Trinajstić information content (AvgIpc) is 2.19. The minimum absolute atomic E-state index is 0.159. The molecule has 1 aromatic carbocycles. The van der Waals surface area contributed by atoms with Gasteiger partial charge in [-0.3, -0.25) is 4.79 Å². The zero-order valence-corrected chi connectivity index (χ0v) is 13.0. The number of carbonyl (C=O) groups is 1. The first-order valence-corrected chi connectivity index (χ1v) is 6.69. The maximum atomic E-state index is 11.9.